The fraction of sp³-hybridized carbons (Fsp3) is 0.524. The van der Waals surface area contributed by atoms with Gasteiger partial charge in [-0.1, -0.05) is 54.8 Å². The van der Waals surface area contributed by atoms with Gasteiger partial charge in [0.2, 0.25) is 0 Å². The van der Waals surface area contributed by atoms with Crippen LogP contribution in [0.2, 0.25) is 0 Å². The van der Waals surface area contributed by atoms with E-state index < -0.39 is 11.7 Å². The molecule has 4 heteroatoms. The molecule has 0 amide bonds. The quantitative estimate of drug-likeness (QED) is 0.233. The second-order valence-electron chi connectivity index (χ2n) is 6.33. The zero-order valence-electron chi connectivity index (χ0n) is 15.1. The zero-order valence-corrected chi connectivity index (χ0v) is 15.1. The summed E-state index contributed by atoms with van der Waals surface area (Å²) >= 11 is 0. The van der Waals surface area contributed by atoms with E-state index in [1.165, 1.54) is 6.07 Å². The van der Waals surface area contributed by atoms with Crippen molar-refractivity contribution in [2.75, 3.05) is 6.67 Å². The Balaban J connectivity index is 2.87. The standard InChI is InChI=1S/C21H28F4/c1-3-4-10-18(11-8-6-5-7-9-14-22)16-19-13-12-17(2)15-20(19)21(23,24)25/h5,7,11-13,15H,3-4,6,8-10,14,16H2,1-2H3/b7-5+,18-11-. The highest BCUT2D eigenvalue weighted by Crippen LogP contribution is 2.34. The zero-order chi connectivity index (χ0) is 18.7. The van der Waals surface area contributed by atoms with Crippen LogP contribution in [0.5, 0.6) is 0 Å². The maximum absolute atomic E-state index is 13.3. The van der Waals surface area contributed by atoms with Crippen molar-refractivity contribution in [1.29, 1.82) is 0 Å². The number of alkyl halides is 4. The lowest BCUT2D eigenvalue weighted by molar-refractivity contribution is -0.138. The molecule has 0 fully saturated rings. The van der Waals surface area contributed by atoms with Gasteiger partial charge in [-0.25, -0.2) is 0 Å². The summed E-state index contributed by atoms with van der Waals surface area (Å²) in [6, 6.07) is 4.56. The van der Waals surface area contributed by atoms with Gasteiger partial charge in [0.25, 0.3) is 0 Å². The highest BCUT2D eigenvalue weighted by atomic mass is 19.4. The summed E-state index contributed by atoms with van der Waals surface area (Å²) in [5.41, 5.74) is 1.48. The number of unbranched alkanes of at least 4 members (excludes halogenated alkanes) is 2. The Kier molecular flexibility index (Phi) is 9.54. The molecule has 0 unspecified atom stereocenters. The summed E-state index contributed by atoms with van der Waals surface area (Å²) < 4.78 is 51.9. The first-order chi connectivity index (χ1) is 11.9. The Labute approximate surface area is 148 Å². The number of halogens is 4. The first-order valence-corrected chi connectivity index (χ1v) is 8.94. The summed E-state index contributed by atoms with van der Waals surface area (Å²) in [5.74, 6) is 0. The molecule has 1 aromatic rings. The molecule has 0 atom stereocenters. The molecule has 0 nitrogen and oxygen atoms in total. The van der Waals surface area contributed by atoms with E-state index in [0.717, 1.165) is 37.7 Å². The highest BCUT2D eigenvalue weighted by Gasteiger charge is 2.33. The van der Waals surface area contributed by atoms with Crippen molar-refractivity contribution < 1.29 is 17.6 Å². The molecule has 0 aliphatic carbocycles. The number of hydrogen-bond donors (Lipinski definition) is 0. The normalized spacial score (nSPS) is 13.0. The molecule has 0 heterocycles. The van der Waals surface area contributed by atoms with Gasteiger partial charge in [-0.05, 0) is 57.1 Å². The summed E-state index contributed by atoms with van der Waals surface area (Å²) in [7, 11) is 0. The topological polar surface area (TPSA) is 0 Å². The fourth-order valence-electron chi connectivity index (χ4n) is 2.70. The average molecular weight is 356 g/mol. The van der Waals surface area contributed by atoms with Gasteiger partial charge >= 0.3 is 6.18 Å². The number of benzene rings is 1. The smallest absolute Gasteiger partial charge is 0.251 e. The molecule has 0 aliphatic rings. The number of allylic oxidation sites excluding steroid dienone is 4. The lowest BCUT2D eigenvalue weighted by Gasteiger charge is -2.15. The third kappa shape index (κ3) is 8.37. The largest absolute Gasteiger partial charge is 0.416 e. The number of hydrogen-bond acceptors (Lipinski definition) is 0. The van der Waals surface area contributed by atoms with Gasteiger partial charge in [0, 0.05) is 0 Å². The van der Waals surface area contributed by atoms with Gasteiger partial charge in [0.1, 0.15) is 0 Å². The maximum atomic E-state index is 13.3. The van der Waals surface area contributed by atoms with Crippen LogP contribution in [0.3, 0.4) is 0 Å². The van der Waals surface area contributed by atoms with Crippen LogP contribution in [-0.4, -0.2) is 6.67 Å². The van der Waals surface area contributed by atoms with E-state index >= 15 is 0 Å². The number of aryl methyl sites for hydroxylation is 1. The van der Waals surface area contributed by atoms with Crippen LogP contribution < -0.4 is 0 Å². The molecule has 0 aliphatic heterocycles. The van der Waals surface area contributed by atoms with Crippen LogP contribution in [0.25, 0.3) is 0 Å². The molecule has 0 saturated heterocycles. The molecule has 0 bridgehead atoms. The Hall–Kier alpha value is -1.58. The van der Waals surface area contributed by atoms with Crippen molar-refractivity contribution in [3.63, 3.8) is 0 Å². The number of rotatable bonds is 10. The third-order valence-electron chi connectivity index (χ3n) is 4.05. The Morgan fingerprint density at radius 2 is 1.80 bits per heavy atom. The van der Waals surface area contributed by atoms with Gasteiger partial charge in [0.05, 0.1) is 12.2 Å². The van der Waals surface area contributed by atoms with Crippen LogP contribution in [0, 0.1) is 6.92 Å². The predicted molar refractivity (Wildman–Crippen MR) is 96.5 cm³/mol. The fourth-order valence-corrected chi connectivity index (χ4v) is 2.70. The highest BCUT2D eigenvalue weighted by molar-refractivity contribution is 5.36. The van der Waals surface area contributed by atoms with Crippen LogP contribution in [0.4, 0.5) is 17.6 Å². The average Bonchev–Trinajstić information content (AvgIpc) is 2.56. The molecule has 0 spiro atoms. The van der Waals surface area contributed by atoms with Gasteiger partial charge in [-0.2, -0.15) is 13.2 Å². The minimum Gasteiger partial charge on any atom is -0.251 e. The van der Waals surface area contributed by atoms with Gasteiger partial charge in [-0.15, -0.1) is 0 Å². The van der Waals surface area contributed by atoms with E-state index in [-0.39, 0.29) is 6.67 Å². The van der Waals surface area contributed by atoms with E-state index in [9.17, 15) is 17.6 Å². The molecule has 0 radical (unpaired) electrons. The van der Waals surface area contributed by atoms with Crippen LogP contribution >= 0.6 is 0 Å². The second kappa shape index (κ2) is 11.1. The van der Waals surface area contributed by atoms with Gasteiger partial charge in [-0.3, -0.25) is 4.39 Å². The van der Waals surface area contributed by atoms with E-state index in [2.05, 4.69) is 13.0 Å². The lowest BCUT2D eigenvalue weighted by Crippen LogP contribution is -2.10. The third-order valence-corrected chi connectivity index (χ3v) is 4.05. The van der Waals surface area contributed by atoms with Crippen molar-refractivity contribution in [2.45, 2.75) is 65.0 Å². The van der Waals surface area contributed by atoms with Gasteiger partial charge < -0.3 is 0 Å². The monoisotopic (exact) mass is 356 g/mol. The maximum Gasteiger partial charge on any atom is 0.416 e. The molecule has 0 N–H and O–H groups in total. The van der Waals surface area contributed by atoms with E-state index in [1.54, 1.807) is 25.1 Å². The minimum atomic E-state index is -4.33. The Morgan fingerprint density at radius 1 is 1.08 bits per heavy atom. The van der Waals surface area contributed by atoms with E-state index in [4.69, 9.17) is 0 Å². The van der Waals surface area contributed by atoms with Crippen molar-refractivity contribution >= 4 is 0 Å². The summed E-state index contributed by atoms with van der Waals surface area (Å²) in [5, 5.41) is 0. The minimum absolute atomic E-state index is 0.337. The molecular weight excluding hydrogens is 328 g/mol. The summed E-state index contributed by atoms with van der Waals surface area (Å²) in [6.45, 7) is 3.39. The molecule has 140 valence electrons. The van der Waals surface area contributed by atoms with Crippen LogP contribution in [-0.2, 0) is 12.6 Å². The molecule has 25 heavy (non-hydrogen) atoms. The molecule has 0 aromatic heterocycles. The van der Waals surface area contributed by atoms with Crippen molar-refractivity contribution in [2.24, 2.45) is 0 Å². The van der Waals surface area contributed by atoms with Crippen molar-refractivity contribution in [3.8, 4) is 0 Å². The summed E-state index contributed by atoms with van der Waals surface area (Å²) in [4.78, 5) is 0. The van der Waals surface area contributed by atoms with E-state index in [0.29, 0.717) is 24.0 Å². The SMILES string of the molecule is CCCC/C(=C/CC/C=C/CCF)Cc1ccc(C)cc1C(F)(F)F. The van der Waals surface area contributed by atoms with Crippen molar-refractivity contribution in [1.82, 2.24) is 0 Å². The van der Waals surface area contributed by atoms with Gasteiger partial charge in [0.15, 0.2) is 0 Å². The second-order valence-corrected chi connectivity index (χ2v) is 6.33. The van der Waals surface area contributed by atoms with Crippen molar-refractivity contribution in [3.05, 3.63) is 58.7 Å². The summed E-state index contributed by atoms with van der Waals surface area (Å²) in [6.07, 6.45) is 6.57. The predicted octanol–water partition coefficient (Wildman–Crippen LogP) is 7.37. The molecule has 0 saturated carbocycles. The van der Waals surface area contributed by atoms with E-state index in [1.807, 2.05) is 6.08 Å². The van der Waals surface area contributed by atoms with Crippen LogP contribution in [0.15, 0.2) is 42.0 Å². The lowest BCUT2D eigenvalue weighted by atomic mass is 9.94. The molecular formula is C21H28F4. The Morgan fingerprint density at radius 3 is 2.44 bits per heavy atom. The molecule has 1 aromatic carbocycles. The van der Waals surface area contributed by atoms with Crippen LogP contribution in [0.1, 0.15) is 62.1 Å². The first kappa shape index (κ1) is 21.5. The molecule has 1 rings (SSSR count). The Bertz CT molecular complexity index is 568. The first-order valence-electron chi connectivity index (χ1n) is 8.94.